The number of ether oxygens (including phenoxy) is 1. The number of carbonyl (C=O) groups excluding carboxylic acids is 1. The van der Waals surface area contributed by atoms with Gasteiger partial charge in [-0.15, -0.1) is 0 Å². The molecule has 0 saturated carbocycles. The van der Waals surface area contributed by atoms with Crippen LogP contribution < -0.4 is 10.6 Å². The summed E-state index contributed by atoms with van der Waals surface area (Å²) >= 11 is 0. The van der Waals surface area contributed by atoms with Crippen LogP contribution in [-0.4, -0.2) is 38.3 Å². The third-order valence-corrected chi connectivity index (χ3v) is 3.06. The highest BCUT2D eigenvalue weighted by Crippen LogP contribution is 2.19. The van der Waals surface area contributed by atoms with Gasteiger partial charge in [0.2, 0.25) is 0 Å². The zero-order valence-electron chi connectivity index (χ0n) is 10.1. The van der Waals surface area contributed by atoms with Gasteiger partial charge in [0.25, 0.3) is 0 Å². The van der Waals surface area contributed by atoms with Crippen molar-refractivity contribution in [1.29, 1.82) is 0 Å². The number of carbonyl (C=O) groups is 1. The molecule has 0 bridgehead atoms. The third kappa shape index (κ3) is 3.18. The molecule has 0 aromatic rings. The Balaban J connectivity index is 2.44. The van der Waals surface area contributed by atoms with Gasteiger partial charge in [-0.2, -0.15) is 0 Å². The summed E-state index contributed by atoms with van der Waals surface area (Å²) in [6, 6.07) is 0. The highest BCUT2D eigenvalue weighted by atomic mass is 16.5. The van der Waals surface area contributed by atoms with Crippen molar-refractivity contribution >= 4 is 5.97 Å². The van der Waals surface area contributed by atoms with E-state index in [1.165, 1.54) is 7.11 Å². The number of nitrogens with one attached hydrogen (secondary N) is 2. The van der Waals surface area contributed by atoms with Crippen LogP contribution in [0.3, 0.4) is 0 Å². The first-order chi connectivity index (χ1) is 6.90. The summed E-state index contributed by atoms with van der Waals surface area (Å²) in [6.07, 6.45) is 1.10. The van der Waals surface area contributed by atoms with E-state index >= 15 is 0 Å². The van der Waals surface area contributed by atoms with Gasteiger partial charge in [-0.05, 0) is 33.7 Å². The lowest BCUT2D eigenvalue weighted by atomic mass is 9.91. The lowest BCUT2D eigenvalue weighted by molar-refractivity contribution is -0.150. The van der Waals surface area contributed by atoms with Crippen LogP contribution in [0.2, 0.25) is 0 Å². The average molecular weight is 214 g/mol. The van der Waals surface area contributed by atoms with Crippen LogP contribution in [0.25, 0.3) is 0 Å². The zero-order chi connectivity index (χ0) is 11.5. The molecule has 4 heteroatoms. The van der Waals surface area contributed by atoms with E-state index in [1.54, 1.807) is 0 Å². The summed E-state index contributed by atoms with van der Waals surface area (Å²) < 4.78 is 4.77. The number of methoxy groups -OCH3 is 1. The standard InChI is InChI=1S/C11H22N2O2/c1-10(2,9(14)15-4)7-13-11(3)5-6-12-8-11/h12-13H,5-8H2,1-4H3. The van der Waals surface area contributed by atoms with E-state index in [9.17, 15) is 4.79 Å². The van der Waals surface area contributed by atoms with Gasteiger partial charge in [0.1, 0.15) is 0 Å². The van der Waals surface area contributed by atoms with Crippen molar-refractivity contribution in [3.8, 4) is 0 Å². The first-order valence-corrected chi connectivity index (χ1v) is 5.44. The van der Waals surface area contributed by atoms with Crippen LogP contribution in [0, 0.1) is 5.41 Å². The van der Waals surface area contributed by atoms with Crippen LogP contribution in [0.5, 0.6) is 0 Å². The van der Waals surface area contributed by atoms with Gasteiger partial charge in [0.15, 0.2) is 0 Å². The van der Waals surface area contributed by atoms with E-state index in [-0.39, 0.29) is 11.5 Å². The molecule has 2 N–H and O–H groups in total. The first-order valence-electron chi connectivity index (χ1n) is 5.44. The Morgan fingerprint density at radius 2 is 2.27 bits per heavy atom. The molecule has 1 rings (SSSR count). The molecule has 1 saturated heterocycles. The molecule has 0 radical (unpaired) electrons. The minimum absolute atomic E-state index is 0.116. The minimum Gasteiger partial charge on any atom is -0.469 e. The van der Waals surface area contributed by atoms with Crippen LogP contribution in [-0.2, 0) is 9.53 Å². The van der Waals surface area contributed by atoms with Crippen molar-refractivity contribution in [2.45, 2.75) is 32.7 Å². The predicted octanol–water partition coefficient (Wildman–Crippen LogP) is 0.527. The second-order valence-corrected chi connectivity index (χ2v) is 5.22. The summed E-state index contributed by atoms with van der Waals surface area (Å²) in [6.45, 7) is 8.64. The van der Waals surface area contributed by atoms with Crippen LogP contribution in [0.15, 0.2) is 0 Å². The van der Waals surface area contributed by atoms with E-state index in [0.717, 1.165) is 19.5 Å². The molecule has 88 valence electrons. The van der Waals surface area contributed by atoms with Crippen molar-refractivity contribution in [3.63, 3.8) is 0 Å². The summed E-state index contributed by atoms with van der Waals surface area (Å²) in [5.74, 6) is -0.162. The fourth-order valence-electron chi connectivity index (χ4n) is 1.75. The Labute approximate surface area is 91.8 Å². The predicted molar refractivity (Wildman–Crippen MR) is 59.7 cm³/mol. The molecular formula is C11H22N2O2. The molecule has 1 heterocycles. The maximum absolute atomic E-state index is 11.5. The smallest absolute Gasteiger partial charge is 0.312 e. The van der Waals surface area contributed by atoms with Crippen LogP contribution >= 0.6 is 0 Å². The fourth-order valence-corrected chi connectivity index (χ4v) is 1.75. The topological polar surface area (TPSA) is 50.4 Å². The van der Waals surface area contributed by atoms with Gasteiger partial charge in [-0.1, -0.05) is 0 Å². The quantitative estimate of drug-likeness (QED) is 0.670. The Bertz CT molecular complexity index is 233. The molecule has 0 aromatic heterocycles. The summed E-state index contributed by atoms with van der Waals surface area (Å²) in [5, 5.41) is 6.76. The largest absolute Gasteiger partial charge is 0.469 e. The van der Waals surface area contributed by atoms with Gasteiger partial charge >= 0.3 is 5.97 Å². The highest BCUT2D eigenvalue weighted by Gasteiger charge is 2.34. The molecule has 0 amide bonds. The Kier molecular flexibility index (Phi) is 3.73. The van der Waals surface area contributed by atoms with Crippen molar-refractivity contribution in [3.05, 3.63) is 0 Å². The van der Waals surface area contributed by atoms with Crippen molar-refractivity contribution in [2.75, 3.05) is 26.7 Å². The van der Waals surface area contributed by atoms with Crippen molar-refractivity contribution in [1.82, 2.24) is 10.6 Å². The maximum Gasteiger partial charge on any atom is 0.312 e. The number of rotatable bonds is 4. The molecule has 15 heavy (non-hydrogen) atoms. The lowest BCUT2D eigenvalue weighted by Crippen LogP contribution is -2.49. The highest BCUT2D eigenvalue weighted by molar-refractivity contribution is 5.76. The van der Waals surface area contributed by atoms with E-state index in [2.05, 4.69) is 17.6 Å². The second-order valence-electron chi connectivity index (χ2n) is 5.22. The lowest BCUT2D eigenvalue weighted by Gasteiger charge is -2.30. The summed E-state index contributed by atoms with van der Waals surface area (Å²) in [5.41, 5.74) is -0.342. The van der Waals surface area contributed by atoms with E-state index < -0.39 is 5.41 Å². The molecule has 0 spiro atoms. The normalized spacial score (nSPS) is 26.7. The first kappa shape index (κ1) is 12.5. The average Bonchev–Trinajstić information content (AvgIpc) is 2.62. The van der Waals surface area contributed by atoms with Gasteiger partial charge < -0.3 is 15.4 Å². The van der Waals surface area contributed by atoms with Crippen molar-refractivity contribution in [2.24, 2.45) is 5.41 Å². The van der Waals surface area contributed by atoms with Crippen LogP contribution in [0.1, 0.15) is 27.2 Å². The van der Waals surface area contributed by atoms with Gasteiger partial charge in [0, 0.05) is 18.6 Å². The Morgan fingerprint density at radius 3 is 2.73 bits per heavy atom. The molecule has 1 aliphatic rings. The molecule has 0 aliphatic carbocycles. The fraction of sp³-hybridized carbons (Fsp3) is 0.909. The second kappa shape index (κ2) is 4.49. The Morgan fingerprint density at radius 1 is 1.60 bits per heavy atom. The van der Waals surface area contributed by atoms with Gasteiger partial charge in [-0.25, -0.2) is 0 Å². The number of hydrogen-bond acceptors (Lipinski definition) is 4. The molecule has 4 nitrogen and oxygen atoms in total. The summed E-state index contributed by atoms with van der Waals surface area (Å²) in [4.78, 5) is 11.5. The molecule has 1 atom stereocenters. The van der Waals surface area contributed by atoms with E-state index in [1.807, 2.05) is 13.8 Å². The van der Waals surface area contributed by atoms with Crippen molar-refractivity contribution < 1.29 is 9.53 Å². The number of hydrogen-bond donors (Lipinski definition) is 2. The SMILES string of the molecule is COC(=O)C(C)(C)CNC1(C)CCNC1. The molecule has 0 aromatic carbocycles. The molecule has 1 aliphatic heterocycles. The van der Waals surface area contributed by atoms with Gasteiger partial charge in [0.05, 0.1) is 12.5 Å². The number of esters is 1. The van der Waals surface area contributed by atoms with Crippen LogP contribution in [0.4, 0.5) is 0 Å². The summed E-state index contributed by atoms with van der Waals surface area (Å²) in [7, 11) is 1.43. The minimum atomic E-state index is -0.458. The van der Waals surface area contributed by atoms with Gasteiger partial charge in [-0.3, -0.25) is 4.79 Å². The molecular weight excluding hydrogens is 192 g/mol. The third-order valence-electron chi connectivity index (χ3n) is 3.06. The van der Waals surface area contributed by atoms with E-state index in [4.69, 9.17) is 4.74 Å². The molecule has 1 unspecified atom stereocenters. The molecule has 1 fully saturated rings. The monoisotopic (exact) mass is 214 g/mol. The zero-order valence-corrected chi connectivity index (χ0v) is 10.1. The van der Waals surface area contributed by atoms with E-state index in [0.29, 0.717) is 6.54 Å². The maximum atomic E-state index is 11.5. The Hall–Kier alpha value is -0.610.